The van der Waals surface area contributed by atoms with Gasteiger partial charge < -0.3 is 9.88 Å². The van der Waals surface area contributed by atoms with Crippen LogP contribution < -0.4 is 5.32 Å². The molecule has 0 fully saturated rings. The number of imidazole rings is 1. The molecule has 102 valence electrons. The second-order valence-electron chi connectivity index (χ2n) is 4.70. The second kappa shape index (κ2) is 7.10. The molecule has 0 aliphatic heterocycles. The minimum Gasteiger partial charge on any atom is -0.327 e. The fraction of sp³-hybridized carbons (Fsp3) is 0.438. The Morgan fingerprint density at radius 3 is 2.95 bits per heavy atom. The molecule has 0 aliphatic carbocycles. The fourth-order valence-corrected chi connectivity index (χ4v) is 2.29. The van der Waals surface area contributed by atoms with Crippen molar-refractivity contribution in [2.24, 2.45) is 0 Å². The first kappa shape index (κ1) is 13.8. The number of para-hydroxylation sites is 2. The lowest BCUT2D eigenvalue weighted by atomic mass is 10.3. The number of hydrogen-bond acceptors (Lipinski definition) is 2. The van der Waals surface area contributed by atoms with Crippen LogP contribution in [-0.4, -0.2) is 16.1 Å². The van der Waals surface area contributed by atoms with E-state index in [0.29, 0.717) is 0 Å². The number of aryl methyl sites for hydroxylation is 1. The Morgan fingerprint density at radius 1 is 1.32 bits per heavy atom. The Balaban J connectivity index is 2.10. The predicted molar refractivity (Wildman–Crippen MR) is 81.2 cm³/mol. The van der Waals surface area contributed by atoms with Gasteiger partial charge in [0.2, 0.25) is 0 Å². The molecule has 1 aromatic carbocycles. The van der Waals surface area contributed by atoms with Gasteiger partial charge in [0.1, 0.15) is 5.82 Å². The van der Waals surface area contributed by atoms with Crippen molar-refractivity contribution in [3.05, 3.63) is 42.2 Å². The molecule has 2 rings (SSSR count). The Labute approximate surface area is 115 Å². The first-order valence-electron chi connectivity index (χ1n) is 7.12. The highest BCUT2D eigenvalue weighted by Gasteiger charge is 2.08. The Morgan fingerprint density at radius 2 is 2.16 bits per heavy atom. The third kappa shape index (κ3) is 3.44. The lowest BCUT2D eigenvalue weighted by Crippen LogP contribution is -2.18. The van der Waals surface area contributed by atoms with Crippen LogP contribution in [0.15, 0.2) is 36.4 Å². The lowest BCUT2D eigenvalue weighted by molar-refractivity contribution is 0.601. The van der Waals surface area contributed by atoms with Crippen LogP contribution in [0.5, 0.6) is 0 Å². The topological polar surface area (TPSA) is 29.9 Å². The van der Waals surface area contributed by atoms with E-state index in [-0.39, 0.29) is 0 Å². The van der Waals surface area contributed by atoms with Gasteiger partial charge in [0.05, 0.1) is 17.6 Å². The summed E-state index contributed by atoms with van der Waals surface area (Å²) in [6.07, 6.45) is 6.48. The molecule has 3 nitrogen and oxygen atoms in total. The second-order valence-corrected chi connectivity index (χ2v) is 4.70. The van der Waals surface area contributed by atoms with Gasteiger partial charge in [-0.25, -0.2) is 4.98 Å². The summed E-state index contributed by atoms with van der Waals surface area (Å²) in [5, 5.41) is 3.46. The summed E-state index contributed by atoms with van der Waals surface area (Å²) in [6.45, 7) is 7.14. The fourth-order valence-electron chi connectivity index (χ4n) is 2.29. The third-order valence-corrected chi connectivity index (χ3v) is 3.19. The van der Waals surface area contributed by atoms with Gasteiger partial charge in [0.25, 0.3) is 0 Å². The van der Waals surface area contributed by atoms with Gasteiger partial charge in [-0.15, -0.1) is 0 Å². The monoisotopic (exact) mass is 257 g/mol. The molecule has 2 aromatic rings. The van der Waals surface area contributed by atoms with E-state index in [0.717, 1.165) is 43.8 Å². The number of nitrogens with zero attached hydrogens (tertiary/aromatic N) is 2. The molecule has 3 heteroatoms. The van der Waals surface area contributed by atoms with Crippen molar-refractivity contribution in [2.75, 3.05) is 6.54 Å². The highest BCUT2D eigenvalue weighted by Crippen LogP contribution is 2.16. The van der Waals surface area contributed by atoms with Gasteiger partial charge in [-0.1, -0.05) is 31.2 Å². The molecule has 1 aromatic heterocycles. The summed E-state index contributed by atoms with van der Waals surface area (Å²) in [4.78, 5) is 4.73. The average molecular weight is 257 g/mol. The first-order chi connectivity index (χ1) is 9.36. The molecule has 0 spiro atoms. The highest BCUT2D eigenvalue weighted by atomic mass is 15.1. The van der Waals surface area contributed by atoms with Crippen LogP contribution in [0.1, 0.15) is 32.5 Å². The number of rotatable bonds is 7. The van der Waals surface area contributed by atoms with Crippen molar-refractivity contribution in [1.82, 2.24) is 14.9 Å². The number of aromatic nitrogens is 2. The highest BCUT2D eigenvalue weighted by molar-refractivity contribution is 5.75. The van der Waals surface area contributed by atoms with Gasteiger partial charge in [-0.05, 0) is 38.4 Å². The van der Waals surface area contributed by atoms with E-state index in [1.54, 1.807) is 0 Å². The minimum absolute atomic E-state index is 0.840. The number of allylic oxidation sites excluding steroid dienone is 1. The van der Waals surface area contributed by atoms with Crippen molar-refractivity contribution in [3.8, 4) is 0 Å². The van der Waals surface area contributed by atoms with E-state index >= 15 is 0 Å². The first-order valence-corrected chi connectivity index (χ1v) is 7.12. The molecule has 19 heavy (non-hydrogen) atoms. The standard InChI is InChI=1S/C16H23N3/c1-3-5-8-11-17-13-16-18-14-9-6-7-10-15(14)19(16)12-4-2/h3,5-7,9-10,17H,4,8,11-13H2,1-2H3/b5-3+. The molecule has 0 unspecified atom stereocenters. The number of fused-ring (bicyclic) bond motifs is 1. The molecule has 0 saturated carbocycles. The summed E-state index contributed by atoms with van der Waals surface area (Å²) >= 11 is 0. The molecular formula is C16H23N3. The van der Waals surface area contributed by atoms with Crippen LogP contribution in [0, 0.1) is 0 Å². The largest absolute Gasteiger partial charge is 0.327 e. The molecule has 0 saturated heterocycles. The Hall–Kier alpha value is -1.61. The van der Waals surface area contributed by atoms with Crippen LogP contribution in [0.3, 0.4) is 0 Å². The third-order valence-electron chi connectivity index (χ3n) is 3.19. The van der Waals surface area contributed by atoms with Crippen LogP contribution >= 0.6 is 0 Å². The molecule has 0 bridgehead atoms. The van der Waals surface area contributed by atoms with Crippen LogP contribution in [-0.2, 0) is 13.1 Å². The Kier molecular flexibility index (Phi) is 5.16. The van der Waals surface area contributed by atoms with Crippen molar-refractivity contribution in [1.29, 1.82) is 0 Å². The summed E-state index contributed by atoms with van der Waals surface area (Å²) in [6, 6.07) is 8.38. The maximum atomic E-state index is 4.73. The van der Waals surface area contributed by atoms with E-state index in [4.69, 9.17) is 4.98 Å². The van der Waals surface area contributed by atoms with Gasteiger partial charge in [-0.2, -0.15) is 0 Å². The van der Waals surface area contributed by atoms with E-state index in [1.807, 2.05) is 0 Å². The van der Waals surface area contributed by atoms with Gasteiger partial charge in [-0.3, -0.25) is 0 Å². The quantitative estimate of drug-likeness (QED) is 0.607. The summed E-state index contributed by atoms with van der Waals surface area (Å²) < 4.78 is 2.33. The lowest BCUT2D eigenvalue weighted by Gasteiger charge is -2.08. The normalized spacial score (nSPS) is 11.7. The van der Waals surface area contributed by atoms with Gasteiger partial charge >= 0.3 is 0 Å². The van der Waals surface area contributed by atoms with Crippen molar-refractivity contribution < 1.29 is 0 Å². The number of nitrogens with one attached hydrogen (secondary N) is 1. The van der Waals surface area contributed by atoms with Crippen molar-refractivity contribution in [2.45, 2.75) is 39.8 Å². The maximum absolute atomic E-state index is 4.73. The van der Waals surface area contributed by atoms with Crippen LogP contribution in [0.2, 0.25) is 0 Å². The SMILES string of the molecule is C/C=C/CCNCc1nc2ccccc2n1CCC. The van der Waals surface area contributed by atoms with Gasteiger partial charge in [0.15, 0.2) is 0 Å². The summed E-state index contributed by atoms with van der Waals surface area (Å²) in [5.41, 5.74) is 2.34. The van der Waals surface area contributed by atoms with Crippen molar-refractivity contribution >= 4 is 11.0 Å². The minimum atomic E-state index is 0.840. The zero-order valence-corrected chi connectivity index (χ0v) is 11.9. The number of benzene rings is 1. The van der Waals surface area contributed by atoms with E-state index in [2.05, 4.69) is 60.1 Å². The molecular weight excluding hydrogens is 234 g/mol. The summed E-state index contributed by atoms with van der Waals surface area (Å²) in [7, 11) is 0. The van der Waals surface area contributed by atoms with E-state index in [9.17, 15) is 0 Å². The molecule has 1 N–H and O–H groups in total. The molecule has 0 atom stereocenters. The zero-order chi connectivity index (χ0) is 13.5. The molecule has 0 radical (unpaired) electrons. The smallest absolute Gasteiger partial charge is 0.123 e. The van der Waals surface area contributed by atoms with Crippen LogP contribution in [0.4, 0.5) is 0 Å². The molecule has 0 aliphatic rings. The molecule has 0 amide bonds. The van der Waals surface area contributed by atoms with Crippen molar-refractivity contribution in [3.63, 3.8) is 0 Å². The predicted octanol–water partition coefficient (Wildman–Crippen LogP) is 3.50. The Bertz CT molecular complexity index is 540. The van der Waals surface area contributed by atoms with Crippen LogP contribution in [0.25, 0.3) is 11.0 Å². The van der Waals surface area contributed by atoms with Gasteiger partial charge in [0, 0.05) is 6.54 Å². The summed E-state index contributed by atoms with van der Waals surface area (Å²) in [5.74, 6) is 1.14. The molecule has 1 heterocycles. The zero-order valence-electron chi connectivity index (χ0n) is 11.9. The maximum Gasteiger partial charge on any atom is 0.123 e. The average Bonchev–Trinajstić information content (AvgIpc) is 2.78. The van der Waals surface area contributed by atoms with E-state index < -0.39 is 0 Å². The number of hydrogen-bond donors (Lipinski definition) is 1. The van der Waals surface area contributed by atoms with E-state index in [1.165, 1.54) is 5.52 Å².